The van der Waals surface area contributed by atoms with Crippen molar-refractivity contribution in [2.24, 2.45) is 23.2 Å². The molecule has 4 aliphatic carbocycles. The van der Waals surface area contributed by atoms with Gasteiger partial charge in [-0.1, -0.05) is 58.3 Å². The molecular weight excluding hydrogens is 350 g/mol. The van der Waals surface area contributed by atoms with Crippen LogP contribution in [0, 0.1) is 23.2 Å². The van der Waals surface area contributed by atoms with Crippen LogP contribution in [0.2, 0.25) is 0 Å². The molecule has 2 N–H and O–H groups in total. The highest BCUT2D eigenvalue weighted by atomic mass is 16.4. The minimum atomic E-state index is -0.873. The number of hydrogen-bond acceptors (Lipinski definition) is 2. The van der Waals surface area contributed by atoms with Gasteiger partial charge in [0.15, 0.2) is 0 Å². The zero-order valence-corrected chi connectivity index (χ0v) is 17.9. The molecule has 0 spiro atoms. The first-order chi connectivity index (χ1) is 13.5. The van der Waals surface area contributed by atoms with E-state index in [0.717, 1.165) is 30.6 Å². The highest BCUT2D eigenvalue weighted by Gasteiger charge is 2.51. The number of unbranched alkanes of at least 4 members (excludes halogenated alkanes) is 7. The van der Waals surface area contributed by atoms with Crippen molar-refractivity contribution < 1.29 is 14.7 Å². The quantitative estimate of drug-likeness (QED) is 0.396. The molecule has 0 aliphatic heterocycles. The van der Waals surface area contributed by atoms with Gasteiger partial charge in [0.2, 0.25) is 5.91 Å². The van der Waals surface area contributed by atoms with Crippen molar-refractivity contribution >= 4 is 11.9 Å². The molecule has 4 aliphatic rings. The highest BCUT2D eigenvalue weighted by Crippen LogP contribution is 2.61. The van der Waals surface area contributed by atoms with Crippen LogP contribution in [0.4, 0.5) is 0 Å². The second-order valence-electron chi connectivity index (χ2n) is 10.3. The Morgan fingerprint density at radius 2 is 1.39 bits per heavy atom. The number of aliphatic carboxylic acids is 1. The van der Waals surface area contributed by atoms with Gasteiger partial charge in [0.25, 0.3) is 0 Å². The van der Waals surface area contributed by atoms with Gasteiger partial charge in [-0.2, -0.15) is 0 Å². The standard InChI is InChI=1S/C24H41NO3/c1-2-3-4-5-6-7-8-9-10-21(23(27)28)25-22(26)17-24-14-18-11-19(15-24)13-20(12-18)16-24/h18-21H,2-17H2,1H3,(H,25,26)(H,27,28). The molecule has 0 saturated heterocycles. The van der Waals surface area contributed by atoms with Crippen molar-refractivity contribution in [1.82, 2.24) is 5.32 Å². The van der Waals surface area contributed by atoms with Gasteiger partial charge >= 0.3 is 5.97 Å². The maximum absolute atomic E-state index is 12.7. The number of carbonyl (C=O) groups is 2. The van der Waals surface area contributed by atoms with Crippen molar-refractivity contribution in [3.05, 3.63) is 0 Å². The molecule has 4 rings (SSSR count). The average molecular weight is 392 g/mol. The molecule has 4 fully saturated rings. The minimum absolute atomic E-state index is 0.0195. The number of nitrogens with one attached hydrogen (secondary N) is 1. The molecule has 4 nitrogen and oxygen atoms in total. The first-order valence-electron chi connectivity index (χ1n) is 12.0. The summed E-state index contributed by atoms with van der Waals surface area (Å²) in [4.78, 5) is 24.3. The van der Waals surface area contributed by atoms with Gasteiger partial charge in [0.05, 0.1) is 0 Å². The lowest BCUT2D eigenvalue weighted by atomic mass is 9.49. The Kier molecular flexibility index (Phi) is 7.82. The molecule has 0 radical (unpaired) electrons. The normalized spacial score (nSPS) is 31.7. The minimum Gasteiger partial charge on any atom is -0.480 e. The molecule has 4 heteroatoms. The lowest BCUT2D eigenvalue weighted by molar-refractivity contribution is -0.143. The van der Waals surface area contributed by atoms with Crippen LogP contribution in [-0.2, 0) is 9.59 Å². The van der Waals surface area contributed by atoms with Gasteiger partial charge in [-0.05, 0) is 68.1 Å². The summed E-state index contributed by atoms with van der Waals surface area (Å²) in [5.74, 6) is 1.58. The predicted octanol–water partition coefficient (Wildman–Crippen LogP) is 5.69. The fourth-order valence-electron chi connectivity index (χ4n) is 6.83. The largest absolute Gasteiger partial charge is 0.480 e. The number of carboxylic acids is 1. The number of rotatable bonds is 13. The number of hydrogen-bond donors (Lipinski definition) is 2. The van der Waals surface area contributed by atoms with E-state index in [0.29, 0.717) is 12.8 Å². The summed E-state index contributed by atoms with van der Waals surface area (Å²) in [5.41, 5.74) is 0.181. The Labute approximate surface area is 171 Å². The monoisotopic (exact) mass is 391 g/mol. The van der Waals surface area contributed by atoms with Crippen molar-refractivity contribution in [1.29, 1.82) is 0 Å². The van der Waals surface area contributed by atoms with Crippen molar-refractivity contribution in [2.45, 2.75) is 116 Å². The second kappa shape index (κ2) is 10.1. The van der Waals surface area contributed by atoms with Gasteiger partial charge in [-0.25, -0.2) is 4.79 Å². The van der Waals surface area contributed by atoms with Crippen molar-refractivity contribution in [3.8, 4) is 0 Å². The zero-order chi connectivity index (χ0) is 20.0. The lowest BCUT2D eigenvalue weighted by Crippen LogP contribution is -2.49. The van der Waals surface area contributed by atoms with Crippen LogP contribution in [0.5, 0.6) is 0 Å². The summed E-state index contributed by atoms with van der Waals surface area (Å²) < 4.78 is 0. The average Bonchev–Trinajstić information content (AvgIpc) is 2.61. The van der Waals surface area contributed by atoms with E-state index in [9.17, 15) is 14.7 Å². The SMILES string of the molecule is CCCCCCCCCCC(NC(=O)CC12CC3CC(CC(C3)C1)C2)C(=O)O. The maximum atomic E-state index is 12.7. The van der Waals surface area contributed by atoms with Crippen LogP contribution < -0.4 is 5.32 Å². The fourth-order valence-corrected chi connectivity index (χ4v) is 6.83. The molecule has 0 aromatic heterocycles. The number of carboxylic acid groups (broad SMARTS) is 1. The van der Waals surface area contributed by atoms with Crippen LogP contribution in [-0.4, -0.2) is 23.0 Å². The van der Waals surface area contributed by atoms with E-state index in [2.05, 4.69) is 12.2 Å². The number of carbonyl (C=O) groups excluding carboxylic acids is 1. The van der Waals surface area contributed by atoms with E-state index in [-0.39, 0.29) is 11.3 Å². The van der Waals surface area contributed by atoms with Crippen LogP contribution in [0.25, 0.3) is 0 Å². The van der Waals surface area contributed by atoms with E-state index in [4.69, 9.17) is 0 Å². The summed E-state index contributed by atoms with van der Waals surface area (Å²) in [6.45, 7) is 2.23. The second-order valence-corrected chi connectivity index (χ2v) is 10.3. The van der Waals surface area contributed by atoms with Gasteiger partial charge in [0.1, 0.15) is 6.04 Å². The predicted molar refractivity (Wildman–Crippen MR) is 112 cm³/mol. The maximum Gasteiger partial charge on any atom is 0.326 e. The Morgan fingerprint density at radius 3 is 1.89 bits per heavy atom. The summed E-state index contributed by atoms with van der Waals surface area (Å²) in [6, 6.07) is -0.707. The summed E-state index contributed by atoms with van der Waals surface area (Å²) in [7, 11) is 0. The smallest absolute Gasteiger partial charge is 0.326 e. The molecular formula is C24H41NO3. The van der Waals surface area contributed by atoms with Gasteiger partial charge in [0, 0.05) is 6.42 Å². The summed E-state index contributed by atoms with van der Waals surface area (Å²) in [6.07, 6.45) is 18.4. The van der Waals surface area contributed by atoms with E-state index in [1.165, 1.54) is 77.0 Å². The first-order valence-corrected chi connectivity index (χ1v) is 12.0. The lowest BCUT2D eigenvalue weighted by Gasteiger charge is -2.56. The molecule has 1 amide bonds. The molecule has 160 valence electrons. The van der Waals surface area contributed by atoms with Crippen LogP contribution in [0.15, 0.2) is 0 Å². The molecule has 4 bridgehead atoms. The topological polar surface area (TPSA) is 66.4 Å². The van der Waals surface area contributed by atoms with E-state index in [1.54, 1.807) is 0 Å². The Hall–Kier alpha value is -1.06. The van der Waals surface area contributed by atoms with Crippen LogP contribution in [0.3, 0.4) is 0 Å². The third-order valence-electron chi connectivity index (χ3n) is 7.68. The Balaban J connectivity index is 1.37. The van der Waals surface area contributed by atoms with E-state index in [1.807, 2.05) is 0 Å². The molecule has 1 unspecified atom stereocenters. The summed E-state index contributed by atoms with van der Waals surface area (Å²) in [5, 5.41) is 12.4. The molecule has 28 heavy (non-hydrogen) atoms. The fraction of sp³-hybridized carbons (Fsp3) is 0.917. The van der Waals surface area contributed by atoms with Crippen molar-refractivity contribution in [3.63, 3.8) is 0 Å². The number of amides is 1. The third kappa shape index (κ3) is 5.97. The zero-order valence-electron chi connectivity index (χ0n) is 17.9. The third-order valence-corrected chi connectivity index (χ3v) is 7.68. The van der Waals surface area contributed by atoms with E-state index >= 15 is 0 Å². The Bertz CT molecular complexity index is 495. The highest BCUT2D eigenvalue weighted by molar-refractivity contribution is 5.83. The van der Waals surface area contributed by atoms with Gasteiger partial charge in [-0.15, -0.1) is 0 Å². The van der Waals surface area contributed by atoms with Gasteiger partial charge in [-0.3, -0.25) is 4.79 Å². The van der Waals surface area contributed by atoms with Crippen LogP contribution >= 0.6 is 0 Å². The molecule has 0 heterocycles. The molecule has 1 atom stereocenters. The van der Waals surface area contributed by atoms with E-state index < -0.39 is 12.0 Å². The van der Waals surface area contributed by atoms with Gasteiger partial charge < -0.3 is 10.4 Å². The van der Waals surface area contributed by atoms with Crippen molar-refractivity contribution in [2.75, 3.05) is 0 Å². The summed E-state index contributed by atoms with van der Waals surface area (Å²) >= 11 is 0. The molecule has 0 aromatic carbocycles. The molecule has 4 saturated carbocycles. The molecule has 0 aromatic rings. The Morgan fingerprint density at radius 1 is 0.893 bits per heavy atom. The first kappa shape index (κ1) is 21.6. The van der Waals surface area contributed by atoms with Crippen LogP contribution in [0.1, 0.15) is 110 Å².